The van der Waals surface area contributed by atoms with Crippen LogP contribution in [-0.4, -0.2) is 31.6 Å². The van der Waals surface area contributed by atoms with Crippen molar-refractivity contribution in [2.75, 3.05) is 0 Å². The highest BCUT2D eigenvalue weighted by molar-refractivity contribution is 7.26. The molecule has 0 radical (unpaired) electrons. The number of rotatable bonds is 6. The number of para-hydroxylation sites is 6. The van der Waals surface area contributed by atoms with Crippen LogP contribution in [0.5, 0.6) is 0 Å². The number of aromatic nitrogens is 5. The molecule has 13 aromatic rings. The van der Waals surface area contributed by atoms with Crippen molar-refractivity contribution in [3.63, 3.8) is 0 Å². The van der Waals surface area contributed by atoms with Gasteiger partial charge in [-0.2, -0.15) is 0 Å². The van der Waals surface area contributed by atoms with Crippen LogP contribution in [0.3, 0.4) is 0 Å². The molecule has 0 aliphatic heterocycles. The number of imidazole rings is 2. The van der Waals surface area contributed by atoms with E-state index in [1.807, 2.05) is 11.3 Å². The first kappa shape index (κ1) is 34.3. The van der Waals surface area contributed by atoms with E-state index in [0.717, 1.165) is 50.5 Å². The Labute approximate surface area is 355 Å². The number of nitrogens with zero attached hydrogens (tertiary/aromatic N) is 5. The van der Waals surface area contributed by atoms with Gasteiger partial charge in [0.05, 0.1) is 33.1 Å². The second-order valence-electron chi connectivity index (χ2n) is 15.8. The minimum absolute atomic E-state index is 0.821. The molecule has 0 saturated heterocycles. The lowest BCUT2D eigenvalue weighted by molar-refractivity contribution is 0.999. The van der Waals surface area contributed by atoms with E-state index < -0.39 is 8.07 Å². The molecule has 5 aromatic heterocycles. The number of pyridine rings is 1. The van der Waals surface area contributed by atoms with E-state index in [4.69, 9.17) is 9.97 Å². The lowest BCUT2D eigenvalue weighted by Crippen LogP contribution is -2.74. The molecule has 0 spiro atoms. The van der Waals surface area contributed by atoms with Gasteiger partial charge in [0.2, 0.25) is 5.78 Å². The van der Waals surface area contributed by atoms with Crippen molar-refractivity contribution in [1.82, 2.24) is 23.5 Å². The molecule has 13 rings (SSSR count). The van der Waals surface area contributed by atoms with Gasteiger partial charge in [-0.15, -0.1) is 11.3 Å². The van der Waals surface area contributed by atoms with Crippen LogP contribution in [-0.2, 0) is 0 Å². The molecule has 0 bridgehead atoms. The van der Waals surface area contributed by atoms with Crippen LogP contribution in [0.25, 0.3) is 81.5 Å². The quantitative estimate of drug-likeness (QED) is 0.124. The highest BCUT2D eigenvalue weighted by Gasteiger charge is 2.43. The third kappa shape index (κ3) is 4.93. The molecule has 0 amide bonds. The zero-order valence-electron chi connectivity index (χ0n) is 32.9. The summed E-state index contributed by atoms with van der Waals surface area (Å²) in [6, 6.07) is 77.8. The van der Waals surface area contributed by atoms with Crippen molar-refractivity contribution < 1.29 is 0 Å². The Bertz CT molecular complexity index is 3750. The SMILES string of the molecule is c1ccc([Si](c2ccccc2)(c2cc(-n3c4ccccc4c4ccccc43)nc(-n3c4ccccc4n4c5ccccc5nc34)c2)c2ccc3sc4ccccc4c3c2)cc1. The van der Waals surface area contributed by atoms with E-state index in [2.05, 4.69) is 226 Å². The van der Waals surface area contributed by atoms with E-state index in [1.54, 1.807) is 0 Å². The van der Waals surface area contributed by atoms with Crippen molar-refractivity contribution in [3.8, 4) is 11.6 Å². The van der Waals surface area contributed by atoms with Crippen molar-refractivity contribution in [2.45, 2.75) is 0 Å². The molecule has 8 aromatic carbocycles. The van der Waals surface area contributed by atoms with Gasteiger partial charge in [-0.1, -0.05) is 152 Å². The molecule has 5 nitrogen and oxygen atoms in total. The van der Waals surface area contributed by atoms with Gasteiger partial charge >= 0.3 is 0 Å². The molecule has 0 aliphatic rings. The lowest BCUT2D eigenvalue weighted by Gasteiger charge is -2.35. The standard InChI is InChI=1S/C54H35N5SSi/c1-3-17-36(18-4-1)61(37-19-5-2-6-20-37,38-31-32-51-43(33-38)42-23-9-16-30-50(42)60-51)39-34-52(57-45-25-11-7-21-40(45)41-22-8-12-26-46(41)57)56-53(35-39)59-49-29-15-14-28-48(49)58-47-27-13-10-24-44(47)55-54(58)59/h1-35H. The summed E-state index contributed by atoms with van der Waals surface area (Å²) in [4.78, 5) is 11.1. The molecule has 0 aliphatic carbocycles. The summed E-state index contributed by atoms with van der Waals surface area (Å²) in [6.07, 6.45) is 0. The molecule has 7 heteroatoms. The number of hydrogen-bond donors (Lipinski definition) is 0. The molecule has 0 fully saturated rings. The summed E-state index contributed by atoms with van der Waals surface area (Å²) in [5.74, 6) is 2.52. The van der Waals surface area contributed by atoms with Crippen molar-refractivity contribution in [3.05, 3.63) is 212 Å². The van der Waals surface area contributed by atoms with E-state index >= 15 is 0 Å². The maximum atomic E-state index is 5.76. The maximum absolute atomic E-state index is 5.76. The molecular formula is C54H35N5SSi. The number of thiophene rings is 1. The fraction of sp³-hybridized carbons (Fsp3) is 0. The summed E-state index contributed by atoms with van der Waals surface area (Å²) in [6.45, 7) is 0. The average Bonchev–Trinajstić information content (AvgIpc) is 4.07. The van der Waals surface area contributed by atoms with Crippen LogP contribution >= 0.6 is 11.3 Å². The van der Waals surface area contributed by atoms with Crippen LogP contribution in [0.2, 0.25) is 0 Å². The van der Waals surface area contributed by atoms with Crippen LogP contribution < -0.4 is 20.7 Å². The van der Waals surface area contributed by atoms with Crippen LogP contribution in [0.1, 0.15) is 0 Å². The first-order valence-electron chi connectivity index (χ1n) is 20.7. The Balaban J connectivity index is 1.23. The van der Waals surface area contributed by atoms with Crippen LogP contribution in [0, 0.1) is 0 Å². The van der Waals surface area contributed by atoms with Gasteiger partial charge < -0.3 is 0 Å². The van der Waals surface area contributed by atoms with Crippen LogP contribution in [0.4, 0.5) is 0 Å². The van der Waals surface area contributed by atoms with Gasteiger partial charge in [0.1, 0.15) is 11.6 Å². The summed E-state index contributed by atoms with van der Waals surface area (Å²) in [7, 11) is -3.16. The van der Waals surface area contributed by atoms with E-state index in [0.29, 0.717) is 0 Å². The molecule has 61 heavy (non-hydrogen) atoms. The molecule has 0 N–H and O–H groups in total. The molecule has 0 atom stereocenters. The van der Waals surface area contributed by atoms with E-state index in [9.17, 15) is 0 Å². The largest absolute Gasteiger partial charge is 0.294 e. The zero-order chi connectivity index (χ0) is 40.1. The highest BCUT2D eigenvalue weighted by Crippen LogP contribution is 2.35. The third-order valence-electron chi connectivity index (χ3n) is 12.6. The minimum atomic E-state index is -3.16. The Hall–Kier alpha value is -7.58. The Morgan fingerprint density at radius 1 is 0.344 bits per heavy atom. The Morgan fingerprint density at radius 2 is 0.869 bits per heavy atom. The van der Waals surface area contributed by atoms with Gasteiger partial charge in [-0.3, -0.25) is 13.5 Å². The first-order valence-corrected chi connectivity index (χ1v) is 23.5. The minimum Gasteiger partial charge on any atom is -0.294 e. The second-order valence-corrected chi connectivity index (χ2v) is 20.7. The van der Waals surface area contributed by atoms with Crippen molar-refractivity contribution in [2.24, 2.45) is 0 Å². The number of fused-ring (bicyclic) bond motifs is 11. The predicted molar refractivity (Wildman–Crippen MR) is 258 cm³/mol. The normalized spacial score (nSPS) is 12.3. The predicted octanol–water partition coefficient (Wildman–Crippen LogP) is 10.7. The number of benzene rings is 8. The van der Waals surface area contributed by atoms with Gasteiger partial charge in [-0.05, 0) is 81.4 Å². The Morgan fingerprint density at radius 3 is 1.56 bits per heavy atom. The average molecular weight is 814 g/mol. The molecule has 286 valence electrons. The third-order valence-corrected chi connectivity index (χ3v) is 18.5. The smallest absolute Gasteiger partial charge is 0.221 e. The monoisotopic (exact) mass is 813 g/mol. The fourth-order valence-corrected chi connectivity index (χ4v) is 15.9. The molecular weight excluding hydrogens is 779 g/mol. The summed E-state index contributed by atoms with van der Waals surface area (Å²) in [5, 5.41) is 10.1. The van der Waals surface area contributed by atoms with Gasteiger partial charge in [0, 0.05) is 30.9 Å². The van der Waals surface area contributed by atoms with E-state index in [1.165, 1.54) is 51.7 Å². The van der Waals surface area contributed by atoms with Gasteiger partial charge in [0.25, 0.3) is 0 Å². The summed E-state index contributed by atoms with van der Waals surface area (Å²) >= 11 is 1.87. The summed E-state index contributed by atoms with van der Waals surface area (Å²) < 4.78 is 9.53. The Kier molecular flexibility index (Phi) is 7.43. The topological polar surface area (TPSA) is 40.0 Å². The van der Waals surface area contributed by atoms with Crippen molar-refractivity contribution >= 4 is 110 Å². The first-order chi connectivity index (χ1) is 30.3. The highest BCUT2D eigenvalue weighted by atomic mass is 32.1. The maximum Gasteiger partial charge on any atom is 0.221 e. The second kappa shape index (κ2) is 13.2. The molecule has 5 heterocycles. The van der Waals surface area contributed by atoms with Gasteiger partial charge in [0.15, 0.2) is 8.07 Å². The van der Waals surface area contributed by atoms with Crippen LogP contribution in [0.15, 0.2) is 212 Å². The van der Waals surface area contributed by atoms with Crippen molar-refractivity contribution in [1.29, 1.82) is 0 Å². The van der Waals surface area contributed by atoms with E-state index in [-0.39, 0.29) is 0 Å². The lowest BCUT2D eigenvalue weighted by atomic mass is 10.1. The fourth-order valence-electron chi connectivity index (χ4n) is 10.0. The van der Waals surface area contributed by atoms with Gasteiger partial charge in [-0.25, -0.2) is 9.97 Å². The number of hydrogen-bond acceptors (Lipinski definition) is 3. The molecule has 0 unspecified atom stereocenters. The molecule has 0 saturated carbocycles. The summed E-state index contributed by atoms with van der Waals surface area (Å²) in [5.41, 5.74) is 6.38. The zero-order valence-corrected chi connectivity index (χ0v) is 34.7.